The zero-order chi connectivity index (χ0) is 30.9. The first-order valence-electron chi connectivity index (χ1n) is 16.4. The van der Waals surface area contributed by atoms with Crippen LogP contribution in [0.15, 0.2) is 24.3 Å². The predicted molar refractivity (Wildman–Crippen MR) is 168 cm³/mol. The molecule has 2 saturated carbocycles. The Morgan fingerprint density at radius 3 is 2.66 bits per heavy atom. The Morgan fingerprint density at radius 1 is 1.16 bits per heavy atom. The number of carbonyl (C=O) groups excluding carboxylic acids is 2. The van der Waals surface area contributed by atoms with Crippen LogP contribution < -0.4 is 9.47 Å². The summed E-state index contributed by atoms with van der Waals surface area (Å²) >= 11 is 0. The SMILES string of the molecule is CC(=O)Oc1cc(O)c2c3c1O[C@H]1[C@H](N(CC(C)C)C(=O)C#Cc4ccc(C)c(C)c4)CC[C@H]4[C@@H](C2)N(CC2CC2)CC[C@@]341. The lowest BCUT2D eigenvalue weighted by Crippen LogP contribution is -2.69. The minimum absolute atomic E-state index is 0.178. The molecule has 2 aliphatic heterocycles. The Kier molecular flexibility index (Phi) is 7.20. The normalized spacial score (nSPS) is 28.0. The molecule has 3 fully saturated rings. The third kappa shape index (κ3) is 4.77. The highest BCUT2D eigenvalue weighted by Crippen LogP contribution is 2.66. The Labute approximate surface area is 260 Å². The van der Waals surface area contributed by atoms with Gasteiger partial charge in [-0.15, -0.1) is 0 Å². The Morgan fingerprint density at radius 2 is 1.95 bits per heavy atom. The molecular formula is C37H44N2O5. The summed E-state index contributed by atoms with van der Waals surface area (Å²) in [5, 5.41) is 11.4. The average Bonchev–Trinajstić information content (AvgIpc) is 3.72. The topological polar surface area (TPSA) is 79.3 Å². The zero-order valence-electron chi connectivity index (χ0n) is 26.6. The van der Waals surface area contributed by atoms with Crippen LogP contribution in [-0.4, -0.2) is 64.6 Å². The van der Waals surface area contributed by atoms with Crippen molar-refractivity contribution in [3.8, 4) is 29.1 Å². The van der Waals surface area contributed by atoms with Crippen LogP contribution >= 0.6 is 0 Å². The number of hydrogen-bond acceptors (Lipinski definition) is 6. The molecule has 0 unspecified atom stereocenters. The summed E-state index contributed by atoms with van der Waals surface area (Å²) in [7, 11) is 0. The van der Waals surface area contributed by atoms with E-state index in [0.29, 0.717) is 24.3 Å². The standard InChI is InChI=1S/C37H44N2O5/c1-21(2)19-39(33(42)13-10-25-7-6-22(3)23(4)16-25)29-12-11-28-30-17-27-31(41)18-32(43-24(5)40)35-34(27)37(28,36(29)44-35)14-15-38(30)20-26-8-9-26/h6-7,16,18,21,26,28-30,36,41H,8-9,11-12,14-15,17,19-20H2,1-5H3/t28-,29+,30+,36-,37-/m0/s1. The van der Waals surface area contributed by atoms with Gasteiger partial charge in [-0.2, -0.15) is 0 Å². The molecule has 5 aliphatic rings. The van der Waals surface area contributed by atoms with Crippen molar-refractivity contribution < 1.29 is 24.2 Å². The largest absolute Gasteiger partial charge is 0.508 e. The zero-order valence-corrected chi connectivity index (χ0v) is 26.6. The van der Waals surface area contributed by atoms with E-state index >= 15 is 0 Å². The molecule has 1 amide bonds. The highest BCUT2D eigenvalue weighted by molar-refractivity contribution is 5.94. The number of esters is 1. The molecule has 1 saturated heterocycles. The second-order valence-electron chi connectivity index (χ2n) is 14.4. The van der Waals surface area contributed by atoms with Crippen molar-refractivity contribution in [2.24, 2.45) is 17.8 Å². The van der Waals surface area contributed by atoms with Crippen LogP contribution in [-0.2, 0) is 21.4 Å². The molecule has 232 valence electrons. The highest BCUT2D eigenvalue weighted by atomic mass is 16.6. The van der Waals surface area contributed by atoms with E-state index in [0.717, 1.165) is 66.9 Å². The van der Waals surface area contributed by atoms with Crippen LogP contribution in [0.4, 0.5) is 0 Å². The van der Waals surface area contributed by atoms with Crippen LogP contribution in [0.2, 0.25) is 0 Å². The predicted octanol–water partition coefficient (Wildman–Crippen LogP) is 5.29. The van der Waals surface area contributed by atoms with Crippen molar-refractivity contribution in [1.82, 2.24) is 9.80 Å². The number of hydrogen-bond donors (Lipinski definition) is 1. The first-order valence-corrected chi connectivity index (χ1v) is 16.4. The minimum Gasteiger partial charge on any atom is -0.508 e. The lowest BCUT2D eigenvalue weighted by Gasteiger charge is -2.60. The summed E-state index contributed by atoms with van der Waals surface area (Å²) in [6.45, 7) is 12.4. The molecule has 44 heavy (non-hydrogen) atoms. The Bertz CT molecular complexity index is 1580. The molecule has 2 aromatic carbocycles. The summed E-state index contributed by atoms with van der Waals surface area (Å²) in [5.74, 6) is 7.91. The van der Waals surface area contributed by atoms with Gasteiger partial charge in [0.2, 0.25) is 0 Å². The molecule has 2 aromatic rings. The summed E-state index contributed by atoms with van der Waals surface area (Å²) in [6, 6.07) is 7.74. The number of likely N-dealkylation sites (tertiary alicyclic amines) is 1. The average molecular weight is 597 g/mol. The molecule has 0 aromatic heterocycles. The molecule has 7 nitrogen and oxygen atoms in total. The number of phenols is 1. The molecule has 3 aliphatic carbocycles. The second-order valence-corrected chi connectivity index (χ2v) is 14.4. The number of benzene rings is 2. The lowest BCUT2D eigenvalue weighted by molar-refractivity contribution is -0.137. The number of carbonyl (C=O) groups is 2. The van der Waals surface area contributed by atoms with Crippen molar-refractivity contribution in [2.45, 2.75) is 96.7 Å². The maximum atomic E-state index is 14.0. The van der Waals surface area contributed by atoms with E-state index in [1.807, 2.05) is 23.1 Å². The van der Waals surface area contributed by atoms with Crippen molar-refractivity contribution >= 4 is 11.9 Å². The first-order chi connectivity index (χ1) is 21.1. The summed E-state index contributed by atoms with van der Waals surface area (Å²) in [5.41, 5.74) is 4.78. The second kappa shape index (κ2) is 10.8. The van der Waals surface area contributed by atoms with Crippen LogP contribution in [0.5, 0.6) is 17.2 Å². The molecule has 0 radical (unpaired) electrons. The van der Waals surface area contributed by atoms with Crippen LogP contribution in [0.3, 0.4) is 0 Å². The van der Waals surface area contributed by atoms with Gasteiger partial charge in [-0.3, -0.25) is 14.5 Å². The van der Waals surface area contributed by atoms with Gasteiger partial charge in [-0.1, -0.05) is 25.8 Å². The molecule has 7 rings (SSSR count). The fourth-order valence-corrected chi connectivity index (χ4v) is 8.84. The van der Waals surface area contributed by atoms with E-state index in [4.69, 9.17) is 9.47 Å². The van der Waals surface area contributed by atoms with Gasteiger partial charge in [0, 0.05) is 60.1 Å². The molecule has 1 N–H and O–H groups in total. The van der Waals surface area contributed by atoms with Gasteiger partial charge in [0.1, 0.15) is 11.9 Å². The third-order valence-electron chi connectivity index (χ3n) is 11.0. The number of aryl methyl sites for hydroxylation is 2. The Balaban J connectivity index is 1.30. The summed E-state index contributed by atoms with van der Waals surface area (Å²) in [4.78, 5) is 30.8. The van der Waals surface area contributed by atoms with Gasteiger partial charge in [0.15, 0.2) is 11.5 Å². The Hall–Kier alpha value is -3.50. The van der Waals surface area contributed by atoms with Crippen molar-refractivity contribution in [3.63, 3.8) is 0 Å². The van der Waals surface area contributed by atoms with Gasteiger partial charge >= 0.3 is 5.97 Å². The number of rotatable bonds is 6. The molecule has 1 spiro atoms. The number of piperidine rings is 1. The number of aromatic hydroxyl groups is 1. The van der Waals surface area contributed by atoms with Gasteiger partial charge in [-0.25, -0.2) is 0 Å². The molecule has 5 atom stereocenters. The van der Waals surface area contributed by atoms with E-state index in [-0.39, 0.29) is 40.9 Å². The highest BCUT2D eigenvalue weighted by Gasteiger charge is 2.67. The smallest absolute Gasteiger partial charge is 0.308 e. The number of nitrogens with zero attached hydrogens (tertiary/aromatic N) is 2. The fraction of sp³-hybridized carbons (Fsp3) is 0.568. The monoisotopic (exact) mass is 596 g/mol. The number of amides is 1. The van der Waals surface area contributed by atoms with Gasteiger partial charge in [-0.05, 0) is 99.9 Å². The minimum atomic E-state index is -0.448. The molecular weight excluding hydrogens is 552 g/mol. The maximum absolute atomic E-state index is 14.0. The van der Waals surface area contributed by atoms with Gasteiger partial charge < -0.3 is 19.5 Å². The third-order valence-corrected chi connectivity index (χ3v) is 11.0. The van der Waals surface area contributed by atoms with Crippen molar-refractivity contribution in [1.29, 1.82) is 0 Å². The molecule has 7 heteroatoms. The van der Waals surface area contributed by atoms with Gasteiger partial charge in [0.25, 0.3) is 5.91 Å². The summed E-state index contributed by atoms with van der Waals surface area (Å²) < 4.78 is 12.6. The number of phenolic OH excluding ortho intramolecular Hbond substituents is 1. The van der Waals surface area contributed by atoms with Crippen molar-refractivity contribution in [3.05, 3.63) is 52.1 Å². The van der Waals surface area contributed by atoms with Gasteiger partial charge in [0.05, 0.1) is 6.04 Å². The van der Waals surface area contributed by atoms with Crippen LogP contribution in [0, 0.1) is 43.4 Å². The lowest BCUT2D eigenvalue weighted by atomic mass is 9.50. The first kappa shape index (κ1) is 29.2. The van der Waals surface area contributed by atoms with Crippen LogP contribution in [0.25, 0.3) is 0 Å². The van der Waals surface area contributed by atoms with E-state index in [9.17, 15) is 14.7 Å². The molecule has 2 bridgehead atoms. The van der Waals surface area contributed by atoms with Crippen molar-refractivity contribution in [2.75, 3.05) is 19.6 Å². The quantitative estimate of drug-likeness (QED) is 0.278. The van der Waals surface area contributed by atoms with E-state index in [1.54, 1.807) is 6.07 Å². The maximum Gasteiger partial charge on any atom is 0.308 e. The van der Waals surface area contributed by atoms with Crippen LogP contribution in [0.1, 0.15) is 80.7 Å². The number of ether oxygens (including phenoxy) is 2. The fourth-order valence-electron chi connectivity index (χ4n) is 8.84. The molecule has 2 heterocycles. The van der Waals surface area contributed by atoms with E-state index in [2.05, 4.69) is 44.4 Å². The summed E-state index contributed by atoms with van der Waals surface area (Å²) in [6.07, 6.45) is 5.77. The van der Waals surface area contributed by atoms with E-state index < -0.39 is 5.97 Å². The van der Waals surface area contributed by atoms with E-state index in [1.165, 1.54) is 25.3 Å².